The van der Waals surface area contributed by atoms with Crippen molar-refractivity contribution in [2.45, 2.75) is 33.1 Å². The van der Waals surface area contributed by atoms with Gasteiger partial charge in [-0.25, -0.2) is 4.98 Å². The molecule has 1 aliphatic carbocycles. The minimum absolute atomic E-state index is 0.498. The molecule has 2 aromatic rings. The molecule has 1 heteroatoms. The van der Waals surface area contributed by atoms with E-state index in [1.54, 1.807) is 0 Å². The third-order valence-electron chi connectivity index (χ3n) is 3.73. The molecule has 0 bridgehead atoms. The summed E-state index contributed by atoms with van der Waals surface area (Å²) < 4.78 is 0. The Hall–Kier alpha value is -1.89. The Labute approximate surface area is 114 Å². The average Bonchev–Trinajstić information content (AvgIpc) is 2.58. The lowest BCUT2D eigenvalue weighted by Crippen LogP contribution is -2.32. The average molecular weight is 249 g/mol. The van der Waals surface area contributed by atoms with Crippen molar-refractivity contribution in [1.29, 1.82) is 0 Å². The second-order valence-electron chi connectivity index (χ2n) is 5.58. The van der Waals surface area contributed by atoms with Crippen LogP contribution < -0.4 is 10.6 Å². The van der Waals surface area contributed by atoms with Crippen LogP contribution in [0.25, 0.3) is 23.1 Å². The first-order valence-electron chi connectivity index (χ1n) is 6.93. The molecule has 3 rings (SSSR count). The lowest BCUT2D eigenvalue weighted by atomic mass is 9.96. The number of hydrogen-bond acceptors (Lipinski definition) is 1. The van der Waals surface area contributed by atoms with E-state index in [0.29, 0.717) is 5.92 Å². The molecule has 1 nitrogen and oxygen atoms in total. The van der Waals surface area contributed by atoms with Crippen molar-refractivity contribution >= 4 is 23.1 Å². The Kier molecular flexibility index (Phi) is 2.98. The third kappa shape index (κ3) is 2.10. The van der Waals surface area contributed by atoms with Gasteiger partial charge >= 0.3 is 0 Å². The molecule has 0 saturated heterocycles. The van der Waals surface area contributed by atoms with Gasteiger partial charge in [0.1, 0.15) is 0 Å². The van der Waals surface area contributed by atoms with Crippen LogP contribution in [0.4, 0.5) is 0 Å². The number of fused-ring (bicyclic) bond motifs is 2. The van der Waals surface area contributed by atoms with Gasteiger partial charge in [-0.2, -0.15) is 0 Å². The number of aromatic nitrogens is 1. The molecule has 0 fully saturated rings. The van der Waals surface area contributed by atoms with Crippen LogP contribution in [0.2, 0.25) is 0 Å². The molecular formula is C18H19N. The van der Waals surface area contributed by atoms with Gasteiger partial charge in [-0.05, 0) is 30.9 Å². The lowest BCUT2D eigenvalue weighted by molar-refractivity contribution is 0.863. The number of hydrogen-bond donors (Lipinski definition) is 0. The van der Waals surface area contributed by atoms with Gasteiger partial charge in [0.2, 0.25) is 0 Å². The monoisotopic (exact) mass is 249 g/mol. The quantitative estimate of drug-likeness (QED) is 0.756. The lowest BCUT2D eigenvalue weighted by Gasteiger charge is -2.11. The normalized spacial score (nSPS) is 14.4. The summed E-state index contributed by atoms with van der Waals surface area (Å²) in [7, 11) is 0. The van der Waals surface area contributed by atoms with E-state index >= 15 is 0 Å². The van der Waals surface area contributed by atoms with E-state index in [9.17, 15) is 0 Å². The minimum Gasteiger partial charge on any atom is -0.248 e. The van der Waals surface area contributed by atoms with Gasteiger partial charge in [0.25, 0.3) is 0 Å². The standard InChI is InChI=1S/C18H19N/c1-12(2)18-14-6-4-5-7-16(14)19-17-11-9-13(3)8-10-15(17)18/h4-8,10-12H,9H2,1-3H3. The van der Waals surface area contributed by atoms with Gasteiger partial charge in [0.15, 0.2) is 0 Å². The second kappa shape index (κ2) is 4.65. The van der Waals surface area contributed by atoms with Gasteiger partial charge in [-0.1, -0.05) is 55.8 Å². The van der Waals surface area contributed by atoms with E-state index in [4.69, 9.17) is 4.98 Å². The van der Waals surface area contributed by atoms with Crippen LogP contribution in [0.5, 0.6) is 0 Å². The van der Waals surface area contributed by atoms with Crippen molar-refractivity contribution in [1.82, 2.24) is 4.98 Å². The number of para-hydroxylation sites is 1. The van der Waals surface area contributed by atoms with Crippen LogP contribution in [0.15, 0.2) is 35.9 Å². The molecule has 1 aliphatic rings. The Morgan fingerprint density at radius 2 is 1.89 bits per heavy atom. The van der Waals surface area contributed by atoms with Crippen LogP contribution in [0.3, 0.4) is 0 Å². The zero-order valence-electron chi connectivity index (χ0n) is 11.8. The molecule has 0 N–H and O–H groups in total. The fourth-order valence-electron chi connectivity index (χ4n) is 2.78. The SMILES string of the molecule is CC1=CC=c2c(C(C)C)c3ccccc3nc2=CC1. The van der Waals surface area contributed by atoms with E-state index in [2.05, 4.69) is 63.3 Å². The molecule has 1 aromatic carbocycles. The molecule has 0 atom stereocenters. The molecular weight excluding hydrogens is 230 g/mol. The third-order valence-corrected chi connectivity index (χ3v) is 3.73. The van der Waals surface area contributed by atoms with Crippen LogP contribution in [0, 0.1) is 0 Å². The van der Waals surface area contributed by atoms with Crippen molar-refractivity contribution in [2.24, 2.45) is 0 Å². The Balaban J connectivity index is 2.52. The highest BCUT2D eigenvalue weighted by atomic mass is 14.7. The molecule has 0 saturated carbocycles. The number of allylic oxidation sites excluding steroid dienone is 2. The van der Waals surface area contributed by atoms with Crippen LogP contribution in [-0.4, -0.2) is 4.98 Å². The fourth-order valence-corrected chi connectivity index (χ4v) is 2.78. The maximum absolute atomic E-state index is 4.83. The molecule has 0 spiro atoms. The molecule has 0 unspecified atom stereocenters. The first-order chi connectivity index (χ1) is 9.16. The molecule has 0 amide bonds. The zero-order valence-corrected chi connectivity index (χ0v) is 11.8. The van der Waals surface area contributed by atoms with Crippen molar-refractivity contribution in [2.75, 3.05) is 0 Å². The first kappa shape index (κ1) is 12.2. The van der Waals surface area contributed by atoms with Gasteiger partial charge in [-0.3, -0.25) is 0 Å². The van der Waals surface area contributed by atoms with Crippen LogP contribution in [0.1, 0.15) is 38.7 Å². The van der Waals surface area contributed by atoms with E-state index in [1.165, 1.54) is 21.7 Å². The summed E-state index contributed by atoms with van der Waals surface area (Å²) in [5.74, 6) is 0.498. The Bertz CT molecular complexity index is 779. The zero-order chi connectivity index (χ0) is 13.4. The van der Waals surface area contributed by atoms with Gasteiger partial charge in [0, 0.05) is 10.6 Å². The topological polar surface area (TPSA) is 12.9 Å². The second-order valence-corrected chi connectivity index (χ2v) is 5.58. The highest BCUT2D eigenvalue weighted by Gasteiger charge is 2.10. The maximum atomic E-state index is 4.83. The molecule has 1 heterocycles. The fraction of sp³-hybridized carbons (Fsp3) is 0.278. The summed E-state index contributed by atoms with van der Waals surface area (Å²) in [6.07, 6.45) is 7.71. The number of nitrogens with zero attached hydrogens (tertiary/aromatic N) is 1. The predicted octanol–water partition coefficient (Wildman–Crippen LogP) is 3.27. The molecule has 1 aromatic heterocycles. The molecule has 19 heavy (non-hydrogen) atoms. The van der Waals surface area contributed by atoms with Crippen molar-refractivity contribution in [3.05, 3.63) is 52.0 Å². The Morgan fingerprint density at radius 1 is 1.11 bits per heavy atom. The minimum atomic E-state index is 0.498. The van der Waals surface area contributed by atoms with Crippen LogP contribution in [-0.2, 0) is 0 Å². The number of benzene rings is 1. The van der Waals surface area contributed by atoms with E-state index in [1.807, 2.05) is 0 Å². The Morgan fingerprint density at radius 3 is 2.68 bits per heavy atom. The van der Waals surface area contributed by atoms with Crippen LogP contribution >= 0.6 is 0 Å². The first-order valence-corrected chi connectivity index (χ1v) is 6.93. The summed E-state index contributed by atoms with van der Waals surface area (Å²) in [5.41, 5.74) is 3.91. The molecule has 0 aliphatic heterocycles. The van der Waals surface area contributed by atoms with Crippen molar-refractivity contribution in [3.63, 3.8) is 0 Å². The van der Waals surface area contributed by atoms with Crippen molar-refractivity contribution in [3.8, 4) is 0 Å². The summed E-state index contributed by atoms with van der Waals surface area (Å²) in [6, 6.07) is 8.47. The van der Waals surface area contributed by atoms with Gasteiger partial charge in [-0.15, -0.1) is 0 Å². The summed E-state index contributed by atoms with van der Waals surface area (Å²) in [5, 5.41) is 3.72. The van der Waals surface area contributed by atoms with E-state index < -0.39 is 0 Å². The summed E-state index contributed by atoms with van der Waals surface area (Å²) >= 11 is 0. The summed E-state index contributed by atoms with van der Waals surface area (Å²) in [6.45, 7) is 6.70. The van der Waals surface area contributed by atoms with Gasteiger partial charge in [0.05, 0.1) is 10.9 Å². The largest absolute Gasteiger partial charge is 0.248 e. The highest BCUT2D eigenvalue weighted by Crippen LogP contribution is 2.20. The predicted molar refractivity (Wildman–Crippen MR) is 82.4 cm³/mol. The van der Waals surface area contributed by atoms with E-state index in [0.717, 1.165) is 17.3 Å². The highest BCUT2D eigenvalue weighted by molar-refractivity contribution is 5.83. The number of rotatable bonds is 1. The van der Waals surface area contributed by atoms with Crippen molar-refractivity contribution < 1.29 is 0 Å². The maximum Gasteiger partial charge on any atom is 0.0712 e. The molecule has 96 valence electrons. The summed E-state index contributed by atoms with van der Waals surface area (Å²) in [4.78, 5) is 4.83. The number of pyridine rings is 1. The molecule has 0 radical (unpaired) electrons. The van der Waals surface area contributed by atoms with E-state index in [-0.39, 0.29) is 0 Å². The van der Waals surface area contributed by atoms with Gasteiger partial charge < -0.3 is 0 Å². The smallest absolute Gasteiger partial charge is 0.0712 e.